The third-order valence-corrected chi connectivity index (χ3v) is 2.14. The molecule has 1 aliphatic rings. The molecule has 1 atom stereocenters. The Labute approximate surface area is 106 Å². The maximum absolute atomic E-state index is 8.80. The van der Waals surface area contributed by atoms with Gasteiger partial charge in [0.2, 0.25) is 0 Å². The van der Waals surface area contributed by atoms with Crippen LogP contribution in [-0.4, -0.2) is 45.9 Å². The van der Waals surface area contributed by atoms with E-state index in [0.29, 0.717) is 12.2 Å². The molecule has 2 rings (SSSR count). The molecule has 16 heavy (non-hydrogen) atoms. The largest absolute Gasteiger partial charge is 0.390 e. The summed E-state index contributed by atoms with van der Waals surface area (Å²) in [5.74, 6) is 0. The first-order valence-electron chi connectivity index (χ1n) is 4.70. The minimum Gasteiger partial charge on any atom is -0.390 e. The van der Waals surface area contributed by atoms with Gasteiger partial charge in [-0.1, -0.05) is 5.21 Å². The van der Waals surface area contributed by atoms with Crippen LogP contribution in [0.4, 0.5) is 0 Å². The van der Waals surface area contributed by atoms with E-state index in [1.807, 2.05) is 0 Å². The number of aliphatic hydroxyl groups excluding tert-OH is 1. The van der Waals surface area contributed by atoms with Gasteiger partial charge in [0.15, 0.2) is 0 Å². The summed E-state index contributed by atoms with van der Waals surface area (Å²) in [6, 6.07) is 0. The van der Waals surface area contributed by atoms with Gasteiger partial charge in [-0.15, -0.1) is 29.9 Å². The molecule has 0 bridgehead atoms. The molecule has 1 aliphatic heterocycles. The lowest BCUT2D eigenvalue weighted by molar-refractivity contribution is 0.0158. The van der Waals surface area contributed by atoms with Crippen molar-refractivity contribution in [1.29, 1.82) is 0 Å². The number of halogens is 2. The fraction of sp³-hybridized carbons (Fsp3) is 0.750. The maximum Gasteiger partial charge on any atom is 0.108 e. The van der Waals surface area contributed by atoms with E-state index in [1.54, 1.807) is 10.9 Å². The number of rotatable bonds is 3. The van der Waals surface area contributed by atoms with Gasteiger partial charge in [-0.2, -0.15) is 0 Å². The van der Waals surface area contributed by atoms with Gasteiger partial charge in [0.05, 0.1) is 32.1 Å². The molecule has 1 saturated heterocycles. The fourth-order valence-electron chi connectivity index (χ4n) is 1.45. The number of morpholine rings is 1. The van der Waals surface area contributed by atoms with Crippen LogP contribution in [0.2, 0.25) is 0 Å². The van der Waals surface area contributed by atoms with Crippen molar-refractivity contribution in [3.63, 3.8) is 0 Å². The SMILES string of the molecule is Cl.Cl.OCc1cn(CC2CNCCO2)nn1. The van der Waals surface area contributed by atoms with E-state index in [-0.39, 0.29) is 37.5 Å². The second-order valence-electron chi connectivity index (χ2n) is 3.29. The molecule has 0 spiro atoms. The molecule has 1 aromatic rings. The van der Waals surface area contributed by atoms with Gasteiger partial charge in [-0.05, 0) is 0 Å². The molecule has 94 valence electrons. The highest BCUT2D eigenvalue weighted by Gasteiger charge is 2.14. The van der Waals surface area contributed by atoms with E-state index in [4.69, 9.17) is 9.84 Å². The number of nitrogens with zero attached hydrogens (tertiary/aromatic N) is 3. The Kier molecular flexibility index (Phi) is 7.61. The van der Waals surface area contributed by atoms with Crippen molar-refractivity contribution < 1.29 is 9.84 Å². The molecule has 8 heteroatoms. The van der Waals surface area contributed by atoms with Crippen molar-refractivity contribution in [2.45, 2.75) is 19.3 Å². The van der Waals surface area contributed by atoms with Gasteiger partial charge in [0.25, 0.3) is 0 Å². The predicted molar refractivity (Wildman–Crippen MR) is 63.1 cm³/mol. The van der Waals surface area contributed by atoms with E-state index < -0.39 is 0 Å². The highest BCUT2D eigenvalue weighted by Crippen LogP contribution is 2.00. The Morgan fingerprint density at radius 2 is 2.38 bits per heavy atom. The normalized spacial score (nSPS) is 19.7. The predicted octanol–water partition coefficient (Wildman–Crippen LogP) is -0.398. The van der Waals surface area contributed by atoms with Crippen LogP contribution in [0.15, 0.2) is 6.20 Å². The quantitative estimate of drug-likeness (QED) is 0.783. The number of aliphatic hydroxyl groups is 1. The van der Waals surface area contributed by atoms with Crippen LogP contribution in [0.5, 0.6) is 0 Å². The Morgan fingerprint density at radius 1 is 1.56 bits per heavy atom. The Morgan fingerprint density at radius 3 is 2.94 bits per heavy atom. The van der Waals surface area contributed by atoms with Crippen LogP contribution in [0.3, 0.4) is 0 Å². The zero-order chi connectivity index (χ0) is 9.80. The highest BCUT2D eigenvalue weighted by atomic mass is 35.5. The lowest BCUT2D eigenvalue weighted by Gasteiger charge is -2.23. The smallest absolute Gasteiger partial charge is 0.108 e. The number of hydrogen-bond donors (Lipinski definition) is 2. The molecule has 1 unspecified atom stereocenters. The molecule has 0 aromatic carbocycles. The van der Waals surface area contributed by atoms with Crippen molar-refractivity contribution >= 4 is 24.8 Å². The summed E-state index contributed by atoms with van der Waals surface area (Å²) in [6.07, 6.45) is 1.88. The number of hydrogen-bond acceptors (Lipinski definition) is 5. The van der Waals surface area contributed by atoms with E-state index in [9.17, 15) is 0 Å². The van der Waals surface area contributed by atoms with Crippen LogP contribution in [0.25, 0.3) is 0 Å². The van der Waals surface area contributed by atoms with Crippen LogP contribution >= 0.6 is 24.8 Å². The Hall–Kier alpha value is -0.400. The molecule has 2 heterocycles. The first kappa shape index (κ1) is 15.6. The Bertz CT molecular complexity index is 291. The summed E-state index contributed by atoms with van der Waals surface area (Å²) in [7, 11) is 0. The second kappa shape index (κ2) is 7.81. The summed E-state index contributed by atoms with van der Waals surface area (Å²) < 4.78 is 7.21. The van der Waals surface area contributed by atoms with Gasteiger partial charge in [0.1, 0.15) is 5.69 Å². The third-order valence-electron chi connectivity index (χ3n) is 2.14. The topological polar surface area (TPSA) is 72.2 Å². The Balaban J connectivity index is 0.00000112. The van der Waals surface area contributed by atoms with Crippen LogP contribution in [-0.2, 0) is 17.9 Å². The third kappa shape index (κ3) is 4.23. The van der Waals surface area contributed by atoms with Gasteiger partial charge in [0, 0.05) is 13.1 Å². The number of aromatic nitrogens is 3. The lowest BCUT2D eigenvalue weighted by Crippen LogP contribution is -2.40. The molecule has 0 saturated carbocycles. The van der Waals surface area contributed by atoms with Crippen molar-refractivity contribution in [2.75, 3.05) is 19.7 Å². The minimum absolute atomic E-state index is 0. The van der Waals surface area contributed by atoms with Gasteiger partial charge in [-0.3, -0.25) is 0 Å². The van der Waals surface area contributed by atoms with Crippen molar-refractivity contribution in [1.82, 2.24) is 20.3 Å². The van der Waals surface area contributed by atoms with Crippen LogP contribution in [0.1, 0.15) is 5.69 Å². The van der Waals surface area contributed by atoms with Gasteiger partial charge >= 0.3 is 0 Å². The molecular weight excluding hydrogens is 255 g/mol. The second-order valence-corrected chi connectivity index (χ2v) is 3.29. The highest BCUT2D eigenvalue weighted by molar-refractivity contribution is 5.85. The van der Waals surface area contributed by atoms with Crippen LogP contribution < -0.4 is 5.32 Å². The van der Waals surface area contributed by atoms with Crippen molar-refractivity contribution in [3.8, 4) is 0 Å². The molecule has 0 aliphatic carbocycles. The standard InChI is InChI=1S/C8H14N4O2.2ClH/c13-6-7-4-12(11-10-7)5-8-3-9-1-2-14-8;;/h4,8-9,13H,1-3,5-6H2;2*1H. The zero-order valence-electron chi connectivity index (χ0n) is 8.70. The molecule has 1 aromatic heterocycles. The molecule has 0 radical (unpaired) electrons. The minimum atomic E-state index is -0.0657. The van der Waals surface area contributed by atoms with Crippen molar-refractivity contribution in [2.24, 2.45) is 0 Å². The lowest BCUT2D eigenvalue weighted by atomic mass is 10.3. The average Bonchev–Trinajstić information content (AvgIpc) is 2.67. The molecular formula is C8H16Cl2N4O2. The molecule has 0 amide bonds. The summed E-state index contributed by atoms with van der Waals surface area (Å²) in [5, 5.41) is 19.7. The fourth-order valence-corrected chi connectivity index (χ4v) is 1.45. The molecule has 6 nitrogen and oxygen atoms in total. The summed E-state index contributed by atoms with van der Waals surface area (Å²) in [5.41, 5.74) is 0.591. The maximum atomic E-state index is 8.80. The summed E-state index contributed by atoms with van der Waals surface area (Å²) >= 11 is 0. The van der Waals surface area contributed by atoms with Gasteiger partial charge in [-0.25, -0.2) is 4.68 Å². The monoisotopic (exact) mass is 270 g/mol. The zero-order valence-corrected chi connectivity index (χ0v) is 10.3. The van der Waals surface area contributed by atoms with E-state index in [2.05, 4.69) is 15.6 Å². The van der Waals surface area contributed by atoms with E-state index >= 15 is 0 Å². The van der Waals surface area contributed by atoms with E-state index in [0.717, 1.165) is 19.7 Å². The van der Waals surface area contributed by atoms with Gasteiger partial charge < -0.3 is 15.2 Å². The summed E-state index contributed by atoms with van der Waals surface area (Å²) in [4.78, 5) is 0. The first-order valence-corrected chi connectivity index (χ1v) is 4.70. The average molecular weight is 271 g/mol. The molecule has 2 N–H and O–H groups in total. The number of ether oxygens (including phenoxy) is 1. The van der Waals surface area contributed by atoms with E-state index in [1.165, 1.54) is 0 Å². The van der Waals surface area contributed by atoms with Crippen LogP contribution in [0, 0.1) is 0 Å². The van der Waals surface area contributed by atoms with Crippen molar-refractivity contribution in [3.05, 3.63) is 11.9 Å². The number of nitrogens with one attached hydrogen (secondary N) is 1. The molecule has 1 fully saturated rings. The first-order chi connectivity index (χ1) is 6.88. The summed E-state index contributed by atoms with van der Waals surface area (Å²) in [6.45, 7) is 3.11.